The van der Waals surface area contributed by atoms with Gasteiger partial charge in [-0.05, 0) is 36.7 Å². The van der Waals surface area contributed by atoms with Crippen LogP contribution in [0.2, 0.25) is 0 Å². The number of allylic oxidation sites excluding steroid dienone is 2. The molecule has 0 heterocycles. The van der Waals surface area contributed by atoms with Crippen molar-refractivity contribution in [2.75, 3.05) is 0 Å². The molecule has 1 saturated carbocycles. The molecule has 0 radical (unpaired) electrons. The molecule has 3 aliphatic carbocycles. The highest BCUT2D eigenvalue weighted by atomic mass is 16.1. The minimum atomic E-state index is -0.0830. The first-order valence-corrected chi connectivity index (χ1v) is 9.11. The lowest BCUT2D eigenvalue weighted by Crippen LogP contribution is -2.39. The minimum absolute atomic E-state index is 0.0817. The zero-order valence-electron chi connectivity index (χ0n) is 13.8. The first-order valence-electron chi connectivity index (χ1n) is 9.11. The van der Waals surface area contributed by atoms with E-state index in [2.05, 4.69) is 25.1 Å². The summed E-state index contributed by atoms with van der Waals surface area (Å²) in [6.45, 7) is 2.20. The smallest absolute Gasteiger partial charge is 0.168 e. The van der Waals surface area contributed by atoms with Crippen molar-refractivity contribution in [3.63, 3.8) is 0 Å². The average molecular weight is 308 g/mol. The van der Waals surface area contributed by atoms with E-state index in [0.29, 0.717) is 17.4 Å². The van der Waals surface area contributed by atoms with Gasteiger partial charge in [0.15, 0.2) is 11.6 Å². The molecule has 3 aliphatic rings. The lowest BCUT2D eigenvalue weighted by molar-refractivity contribution is 0.0719. The van der Waals surface area contributed by atoms with Crippen molar-refractivity contribution in [2.45, 2.75) is 45.4 Å². The number of carbonyl (C=O) groups is 2. The number of hydrogen-bond donors (Lipinski definition) is 0. The maximum Gasteiger partial charge on any atom is 0.168 e. The number of unbranched alkanes of at least 4 members (excludes halogenated alkanes) is 3. The molecule has 0 amide bonds. The summed E-state index contributed by atoms with van der Waals surface area (Å²) < 4.78 is 0. The molecule has 0 N–H and O–H groups in total. The normalized spacial score (nSPS) is 30.7. The van der Waals surface area contributed by atoms with E-state index in [0.717, 1.165) is 30.4 Å². The summed E-state index contributed by atoms with van der Waals surface area (Å²) in [4.78, 5) is 26.1. The Hall–Kier alpha value is -1.70. The highest BCUT2D eigenvalue weighted by molar-refractivity contribution is 6.17. The van der Waals surface area contributed by atoms with Crippen molar-refractivity contribution < 1.29 is 9.59 Å². The fourth-order valence-electron chi connectivity index (χ4n) is 4.93. The Labute approximate surface area is 138 Å². The van der Waals surface area contributed by atoms with Crippen LogP contribution in [-0.4, -0.2) is 11.6 Å². The molecule has 2 bridgehead atoms. The zero-order valence-corrected chi connectivity index (χ0v) is 13.8. The number of rotatable bonds is 5. The second-order valence-corrected chi connectivity index (χ2v) is 7.38. The van der Waals surface area contributed by atoms with E-state index in [-0.39, 0.29) is 23.4 Å². The van der Waals surface area contributed by atoms with Gasteiger partial charge in [-0.15, -0.1) is 0 Å². The van der Waals surface area contributed by atoms with Gasteiger partial charge in [0, 0.05) is 23.0 Å². The molecule has 0 spiro atoms. The van der Waals surface area contributed by atoms with Crippen molar-refractivity contribution in [1.82, 2.24) is 0 Å². The van der Waals surface area contributed by atoms with Crippen LogP contribution in [0.1, 0.15) is 65.3 Å². The van der Waals surface area contributed by atoms with Crippen molar-refractivity contribution in [3.05, 3.63) is 47.0 Å². The van der Waals surface area contributed by atoms with Crippen LogP contribution in [-0.2, 0) is 6.42 Å². The quantitative estimate of drug-likeness (QED) is 0.587. The van der Waals surface area contributed by atoms with Crippen LogP contribution in [0.25, 0.3) is 0 Å². The second kappa shape index (κ2) is 5.74. The van der Waals surface area contributed by atoms with E-state index < -0.39 is 0 Å². The summed E-state index contributed by atoms with van der Waals surface area (Å²) in [5.41, 5.74) is 2.56. The fourth-order valence-corrected chi connectivity index (χ4v) is 4.93. The molecule has 4 atom stereocenters. The topological polar surface area (TPSA) is 34.1 Å². The largest absolute Gasteiger partial charge is 0.294 e. The Morgan fingerprint density at radius 2 is 1.70 bits per heavy atom. The van der Waals surface area contributed by atoms with E-state index in [4.69, 9.17) is 0 Å². The third-order valence-electron chi connectivity index (χ3n) is 6.03. The van der Waals surface area contributed by atoms with Gasteiger partial charge in [0.25, 0.3) is 0 Å². The van der Waals surface area contributed by atoms with Gasteiger partial charge in [0.2, 0.25) is 0 Å². The van der Waals surface area contributed by atoms with Gasteiger partial charge in [-0.1, -0.05) is 56.5 Å². The highest BCUT2D eigenvalue weighted by Gasteiger charge is 2.54. The van der Waals surface area contributed by atoms with Gasteiger partial charge < -0.3 is 0 Å². The number of aryl methyl sites for hydroxylation is 1. The number of benzene rings is 1. The van der Waals surface area contributed by atoms with Crippen LogP contribution in [0.15, 0.2) is 30.4 Å². The van der Waals surface area contributed by atoms with E-state index in [1.165, 1.54) is 19.3 Å². The van der Waals surface area contributed by atoms with Gasteiger partial charge in [0.05, 0.1) is 0 Å². The fraction of sp³-hybridized carbons (Fsp3) is 0.524. The van der Waals surface area contributed by atoms with Gasteiger partial charge in [-0.2, -0.15) is 0 Å². The van der Waals surface area contributed by atoms with Crippen LogP contribution in [0.4, 0.5) is 0 Å². The number of ketones is 2. The van der Waals surface area contributed by atoms with Crippen molar-refractivity contribution in [2.24, 2.45) is 23.7 Å². The van der Waals surface area contributed by atoms with E-state index in [1.54, 1.807) is 0 Å². The minimum Gasteiger partial charge on any atom is -0.294 e. The maximum absolute atomic E-state index is 13.2. The Bertz CT molecular complexity index is 685. The summed E-state index contributed by atoms with van der Waals surface area (Å²) >= 11 is 0. The lowest BCUT2D eigenvalue weighted by atomic mass is 9.68. The Morgan fingerprint density at radius 3 is 2.43 bits per heavy atom. The van der Waals surface area contributed by atoms with Gasteiger partial charge in [0.1, 0.15) is 0 Å². The molecular formula is C21H24O2. The van der Waals surface area contributed by atoms with Crippen molar-refractivity contribution in [3.8, 4) is 0 Å². The predicted molar refractivity (Wildman–Crippen MR) is 90.7 cm³/mol. The Morgan fingerprint density at radius 1 is 0.957 bits per heavy atom. The van der Waals surface area contributed by atoms with Gasteiger partial charge in [-0.3, -0.25) is 9.59 Å². The lowest BCUT2D eigenvalue weighted by Gasteiger charge is -2.32. The summed E-state index contributed by atoms with van der Waals surface area (Å²) in [6.07, 6.45) is 11.0. The first-order chi connectivity index (χ1) is 11.2. The molecular weight excluding hydrogens is 284 g/mol. The molecule has 4 unspecified atom stereocenters. The van der Waals surface area contributed by atoms with E-state index in [1.807, 2.05) is 12.1 Å². The van der Waals surface area contributed by atoms with Crippen LogP contribution in [0, 0.1) is 23.7 Å². The molecule has 0 aliphatic heterocycles. The van der Waals surface area contributed by atoms with Gasteiger partial charge >= 0.3 is 0 Å². The molecule has 0 saturated heterocycles. The average Bonchev–Trinajstić information content (AvgIpc) is 3.18. The summed E-state index contributed by atoms with van der Waals surface area (Å²) in [5.74, 6) is 0.886. The summed E-state index contributed by atoms with van der Waals surface area (Å²) in [5, 5.41) is 0. The molecule has 2 nitrogen and oxygen atoms in total. The van der Waals surface area contributed by atoms with Crippen molar-refractivity contribution in [1.29, 1.82) is 0 Å². The Balaban J connectivity index is 1.67. The zero-order chi connectivity index (χ0) is 16.0. The molecule has 23 heavy (non-hydrogen) atoms. The molecule has 0 aromatic heterocycles. The third kappa shape index (κ3) is 2.22. The van der Waals surface area contributed by atoms with Crippen LogP contribution >= 0.6 is 0 Å². The molecule has 1 fully saturated rings. The van der Waals surface area contributed by atoms with E-state index in [9.17, 15) is 9.59 Å². The van der Waals surface area contributed by atoms with Crippen molar-refractivity contribution >= 4 is 11.6 Å². The van der Waals surface area contributed by atoms with E-state index >= 15 is 0 Å². The monoisotopic (exact) mass is 308 g/mol. The van der Waals surface area contributed by atoms with Crippen LogP contribution < -0.4 is 0 Å². The number of carbonyl (C=O) groups excluding carboxylic acids is 2. The SMILES string of the molecule is CCCCCCc1cccc2c1C(=O)C1C3C=CC(C3)C1C2=O. The van der Waals surface area contributed by atoms with Crippen LogP contribution in [0.3, 0.4) is 0 Å². The summed E-state index contributed by atoms with van der Waals surface area (Å²) in [6, 6.07) is 5.89. The summed E-state index contributed by atoms with van der Waals surface area (Å²) in [7, 11) is 0. The number of Topliss-reactive ketones (excluding diaryl/α,β-unsaturated/α-hetero) is 2. The third-order valence-corrected chi connectivity index (χ3v) is 6.03. The van der Waals surface area contributed by atoms with Gasteiger partial charge in [-0.25, -0.2) is 0 Å². The highest BCUT2D eigenvalue weighted by Crippen LogP contribution is 2.53. The molecule has 2 heteroatoms. The van der Waals surface area contributed by atoms with Crippen LogP contribution in [0.5, 0.6) is 0 Å². The molecule has 4 rings (SSSR count). The second-order valence-electron chi connectivity index (χ2n) is 7.38. The maximum atomic E-state index is 13.2. The Kier molecular flexibility index (Phi) is 3.71. The molecule has 1 aromatic carbocycles. The predicted octanol–water partition coefficient (Wildman–Crippen LogP) is 4.63. The number of fused-ring (bicyclic) bond motifs is 6. The molecule has 1 aromatic rings. The first kappa shape index (κ1) is 14.9. The molecule has 120 valence electrons. The standard InChI is InChI=1S/C21H24O2/c1-2-3-4-5-7-13-8-6-9-16-17(13)21(23)19-15-11-10-14(12-15)18(19)20(16)22/h6,8-11,14-15,18-19H,2-5,7,12H2,1H3. The number of hydrogen-bond acceptors (Lipinski definition) is 2.